The molecule has 0 spiro atoms. The fourth-order valence-corrected chi connectivity index (χ4v) is 4.41. The van der Waals surface area contributed by atoms with E-state index >= 15 is 0 Å². The number of hydrogen-bond donors (Lipinski definition) is 6. The van der Waals surface area contributed by atoms with E-state index in [0.29, 0.717) is 25.1 Å². The van der Waals surface area contributed by atoms with Crippen molar-refractivity contribution in [1.82, 2.24) is 21.1 Å². The number of carbonyl (C=O) groups is 3. The molecular weight excluding hydrogens is 516 g/mol. The zero-order valence-corrected chi connectivity index (χ0v) is 23.3. The first kappa shape index (κ1) is 31.0. The van der Waals surface area contributed by atoms with Crippen molar-refractivity contribution in [2.45, 2.75) is 71.1 Å². The molecule has 218 valence electrons. The second kappa shape index (κ2) is 14.2. The summed E-state index contributed by atoms with van der Waals surface area (Å²) in [6.07, 6.45) is -1.07. The van der Waals surface area contributed by atoms with Crippen molar-refractivity contribution < 1.29 is 34.4 Å². The molecule has 3 rings (SSSR count). The number of benzene rings is 2. The van der Waals surface area contributed by atoms with Gasteiger partial charge in [0, 0.05) is 6.54 Å². The van der Waals surface area contributed by atoms with Crippen LogP contribution in [0, 0.1) is 5.92 Å². The van der Waals surface area contributed by atoms with Gasteiger partial charge in [0.05, 0.1) is 12.1 Å². The van der Waals surface area contributed by atoms with Crippen molar-refractivity contribution in [2.75, 3.05) is 13.2 Å². The summed E-state index contributed by atoms with van der Waals surface area (Å²) in [5.41, 5.74) is 5.47. The molecule has 0 saturated carbocycles. The Kier molecular flexibility index (Phi) is 11.0. The van der Waals surface area contributed by atoms with Crippen molar-refractivity contribution in [3.8, 4) is 16.9 Å². The van der Waals surface area contributed by atoms with Gasteiger partial charge in [0.2, 0.25) is 5.91 Å². The Hall–Kier alpha value is -3.51. The molecule has 40 heavy (non-hydrogen) atoms. The van der Waals surface area contributed by atoms with Crippen LogP contribution in [0.4, 0.5) is 0 Å². The van der Waals surface area contributed by atoms with Crippen LogP contribution in [0.5, 0.6) is 5.75 Å². The van der Waals surface area contributed by atoms with Crippen LogP contribution >= 0.6 is 0 Å². The molecule has 0 unspecified atom stereocenters. The number of amides is 3. The maximum Gasteiger partial charge on any atom is 0.258 e. The summed E-state index contributed by atoms with van der Waals surface area (Å²) in [7, 11) is 0. The number of nitrogens with one attached hydrogen (secondary N) is 3. The maximum atomic E-state index is 12.9. The number of ether oxygens (including phenoxy) is 1. The standard InChI is InChI=1S/C29H40N4O7/c1-17(2)26(27(36)30-18(3)28(37)33-14-6-9-24(32-33)29(38)39)31-25(35)16-40-23-12-10-20(11-13-23)22-8-5-7-21(15-22)19(4)34/h5,7-8,10-13,15,17-19,24,26,29,32,34,38-39H,6,9,14,16H2,1-4H3,(H,30,36)(H,31,35)/t18-,19+,24-,26-/m0/s1. The third kappa shape index (κ3) is 8.49. The Labute approximate surface area is 234 Å². The predicted molar refractivity (Wildman–Crippen MR) is 148 cm³/mol. The molecule has 11 nitrogen and oxygen atoms in total. The topological polar surface area (TPSA) is 160 Å². The summed E-state index contributed by atoms with van der Waals surface area (Å²) < 4.78 is 5.62. The van der Waals surface area contributed by atoms with Gasteiger partial charge in [-0.3, -0.25) is 19.4 Å². The number of rotatable bonds is 11. The van der Waals surface area contributed by atoms with Crippen molar-refractivity contribution >= 4 is 17.7 Å². The highest BCUT2D eigenvalue weighted by atomic mass is 16.5. The number of hydrazine groups is 1. The lowest BCUT2D eigenvalue weighted by molar-refractivity contribution is -0.147. The first-order valence-electron chi connectivity index (χ1n) is 13.5. The van der Waals surface area contributed by atoms with E-state index < -0.39 is 48.2 Å². The van der Waals surface area contributed by atoms with Crippen LogP contribution in [0.1, 0.15) is 52.2 Å². The Bertz CT molecular complexity index is 1150. The average Bonchev–Trinajstić information content (AvgIpc) is 2.94. The van der Waals surface area contributed by atoms with Crippen LogP contribution < -0.4 is 20.8 Å². The van der Waals surface area contributed by atoms with Gasteiger partial charge in [0.15, 0.2) is 12.9 Å². The van der Waals surface area contributed by atoms with E-state index in [1.165, 1.54) is 11.9 Å². The Balaban J connectivity index is 1.52. The molecule has 0 aliphatic carbocycles. The zero-order valence-electron chi connectivity index (χ0n) is 23.3. The highest BCUT2D eigenvalue weighted by molar-refractivity contribution is 5.92. The van der Waals surface area contributed by atoms with Gasteiger partial charge in [-0.25, -0.2) is 5.43 Å². The second-order valence-corrected chi connectivity index (χ2v) is 10.4. The van der Waals surface area contributed by atoms with Gasteiger partial charge < -0.3 is 30.7 Å². The Morgan fingerprint density at radius 2 is 1.70 bits per heavy atom. The van der Waals surface area contributed by atoms with Gasteiger partial charge in [0.1, 0.15) is 17.8 Å². The summed E-state index contributed by atoms with van der Waals surface area (Å²) in [6.45, 7) is 6.88. The molecule has 11 heteroatoms. The molecule has 1 aliphatic rings. The molecule has 2 aromatic carbocycles. The fraction of sp³-hybridized carbons (Fsp3) is 0.483. The minimum absolute atomic E-state index is 0.259. The Morgan fingerprint density at radius 3 is 2.33 bits per heavy atom. The van der Waals surface area contributed by atoms with Gasteiger partial charge >= 0.3 is 0 Å². The molecule has 0 bridgehead atoms. The molecule has 6 N–H and O–H groups in total. The molecule has 3 amide bonds. The molecule has 0 radical (unpaired) electrons. The van der Waals surface area contributed by atoms with Gasteiger partial charge in [-0.1, -0.05) is 44.2 Å². The van der Waals surface area contributed by atoms with Crippen molar-refractivity contribution in [3.63, 3.8) is 0 Å². The van der Waals surface area contributed by atoms with Crippen LogP contribution in [0.15, 0.2) is 48.5 Å². The maximum absolute atomic E-state index is 12.9. The SMILES string of the molecule is CC(C)[C@H](NC(=O)COc1ccc(-c2cccc([C@@H](C)O)c2)cc1)C(=O)N[C@@H](C)C(=O)N1CCC[C@@H](C(O)O)N1. The van der Waals surface area contributed by atoms with Crippen LogP contribution in [-0.4, -0.2) is 75.6 Å². The monoisotopic (exact) mass is 556 g/mol. The molecule has 1 fully saturated rings. The van der Waals surface area contributed by atoms with E-state index in [0.717, 1.165) is 16.7 Å². The van der Waals surface area contributed by atoms with Crippen LogP contribution in [0.25, 0.3) is 11.1 Å². The first-order chi connectivity index (χ1) is 19.0. The van der Waals surface area contributed by atoms with E-state index in [-0.39, 0.29) is 12.5 Å². The van der Waals surface area contributed by atoms with Gasteiger partial charge in [-0.2, -0.15) is 0 Å². The summed E-state index contributed by atoms with van der Waals surface area (Å²) in [6, 6.07) is 12.3. The van der Waals surface area contributed by atoms with E-state index in [9.17, 15) is 29.7 Å². The summed E-state index contributed by atoms with van der Waals surface area (Å²) in [5.74, 6) is -1.19. The van der Waals surface area contributed by atoms with Gasteiger partial charge in [-0.15, -0.1) is 0 Å². The summed E-state index contributed by atoms with van der Waals surface area (Å²) in [4.78, 5) is 38.4. The van der Waals surface area contributed by atoms with Crippen molar-refractivity contribution in [3.05, 3.63) is 54.1 Å². The summed E-state index contributed by atoms with van der Waals surface area (Å²) >= 11 is 0. The normalized spacial score (nSPS) is 17.7. The third-order valence-electron chi connectivity index (χ3n) is 6.77. The molecule has 2 aromatic rings. The summed E-state index contributed by atoms with van der Waals surface area (Å²) in [5, 5.41) is 35.2. The lowest BCUT2D eigenvalue weighted by Gasteiger charge is -2.36. The molecule has 1 heterocycles. The fourth-order valence-electron chi connectivity index (χ4n) is 4.41. The molecular formula is C29H40N4O7. The minimum atomic E-state index is -1.60. The van der Waals surface area contributed by atoms with Crippen LogP contribution in [0.3, 0.4) is 0 Å². The lowest BCUT2D eigenvalue weighted by atomic mass is 10.0. The minimum Gasteiger partial charge on any atom is -0.484 e. The van der Waals surface area contributed by atoms with E-state index in [1.807, 2.05) is 36.4 Å². The molecule has 4 atom stereocenters. The van der Waals surface area contributed by atoms with Gasteiger partial charge in [0.25, 0.3) is 11.8 Å². The quantitative estimate of drug-likeness (QED) is 0.226. The average molecular weight is 557 g/mol. The first-order valence-corrected chi connectivity index (χ1v) is 13.5. The zero-order chi connectivity index (χ0) is 29.4. The molecule has 1 aliphatic heterocycles. The highest BCUT2D eigenvalue weighted by Crippen LogP contribution is 2.25. The number of carbonyl (C=O) groups excluding carboxylic acids is 3. The van der Waals surface area contributed by atoms with E-state index in [2.05, 4.69) is 16.1 Å². The van der Waals surface area contributed by atoms with Gasteiger partial charge in [-0.05, 0) is 67.5 Å². The molecule has 0 aromatic heterocycles. The number of aliphatic hydroxyl groups excluding tert-OH is 2. The van der Waals surface area contributed by atoms with E-state index in [1.54, 1.807) is 32.9 Å². The number of hydrogen-bond acceptors (Lipinski definition) is 8. The highest BCUT2D eigenvalue weighted by Gasteiger charge is 2.32. The van der Waals surface area contributed by atoms with Crippen molar-refractivity contribution in [1.29, 1.82) is 0 Å². The Morgan fingerprint density at radius 1 is 1.00 bits per heavy atom. The lowest BCUT2D eigenvalue weighted by Crippen LogP contribution is -2.61. The van der Waals surface area contributed by atoms with Crippen molar-refractivity contribution in [2.24, 2.45) is 5.92 Å². The second-order valence-electron chi connectivity index (χ2n) is 10.4. The van der Waals surface area contributed by atoms with Crippen LogP contribution in [-0.2, 0) is 14.4 Å². The van der Waals surface area contributed by atoms with E-state index in [4.69, 9.17) is 4.74 Å². The predicted octanol–water partition coefficient (Wildman–Crippen LogP) is 1.24. The number of aliphatic hydroxyl groups is 3. The third-order valence-corrected chi connectivity index (χ3v) is 6.77. The largest absolute Gasteiger partial charge is 0.484 e. The molecule has 1 saturated heterocycles. The smallest absolute Gasteiger partial charge is 0.258 e. The van der Waals surface area contributed by atoms with Crippen LogP contribution in [0.2, 0.25) is 0 Å². The number of nitrogens with zero attached hydrogens (tertiary/aromatic N) is 1.